The van der Waals surface area contributed by atoms with Gasteiger partial charge in [-0.25, -0.2) is 0 Å². The van der Waals surface area contributed by atoms with Crippen LogP contribution in [0.25, 0.3) is 11.1 Å². The fourth-order valence-corrected chi connectivity index (χ4v) is 4.38. The van der Waals surface area contributed by atoms with E-state index in [9.17, 15) is 0 Å². The summed E-state index contributed by atoms with van der Waals surface area (Å²) >= 11 is 0. The summed E-state index contributed by atoms with van der Waals surface area (Å²) in [6, 6.07) is 16.0. The molecule has 3 rings (SSSR count). The molecule has 2 aromatic carbocycles. The van der Waals surface area contributed by atoms with E-state index in [-0.39, 0.29) is 0 Å². The molecule has 0 aliphatic heterocycles. The zero-order valence-electron chi connectivity index (χ0n) is 14.9. The van der Waals surface area contributed by atoms with Crippen LogP contribution in [-0.2, 0) is 0 Å². The van der Waals surface area contributed by atoms with Gasteiger partial charge in [-0.15, -0.1) is 0 Å². The summed E-state index contributed by atoms with van der Waals surface area (Å²) in [4.78, 5) is 0. The van der Waals surface area contributed by atoms with Crippen molar-refractivity contribution >= 4 is 0 Å². The van der Waals surface area contributed by atoms with E-state index < -0.39 is 0 Å². The highest BCUT2D eigenvalue weighted by Gasteiger charge is 2.21. The Morgan fingerprint density at radius 2 is 1.43 bits per heavy atom. The summed E-state index contributed by atoms with van der Waals surface area (Å²) < 4.78 is 0. The Morgan fingerprint density at radius 3 is 2.00 bits per heavy atom. The molecule has 0 atom stereocenters. The highest BCUT2D eigenvalue weighted by molar-refractivity contribution is 5.70. The lowest BCUT2D eigenvalue weighted by Crippen LogP contribution is -2.13. The molecule has 0 aromatic heterocycles. The SMILES string of the molecule is CCC[C@H]1CC[C@H](c2ccc(-c3c(C)cccc3C)cc2)CC1. The van der Waals surface area contributed by atoms with Crippen molar-refractivity contribution in [3.05, 3.63) is 59.2 Å². The minimum Gasteiger partial charge on any atom is -0.0654 e. The predicted molar refractivity (Wildman–Crippen MR) is 101 cm³/mol. The van der Waals surface area contributed by atoms with Gasteiger partial charge in [0.1, 0.15) is 0 Å². The molecule has 0 bridgehead atoms. The van der Waals surface area contributed by atoms with Gasteiger partial charge in [-0.05, 0) is 79.2 Å². The second-order valence-electron chi connectivity index (χ2n) is 7.40. The van der Waals surface area contributed by atoms with Crippen LogP contribution in [-0.4, -0.2) is 0 Å². The zero-order valence-corrected chi connectivity index (χ0v) is 14.9. The Labute approximate surface area is 141 Å². The highest BCUT2D eigenvalue weighted by Crippen LogP contribution is 2.38. The van der Waals surface area contributed by atoms with E-state index in [0.717, 1.165) is 11.8 Å². The van der Waals surface area contributed by atoms with Gasteiger partial charge < -0.3 is 0 Å². The van der Waals surface area contributed by atoms with E-state index in [4.69, 9.17) is 0 Å². The smallest absolute Gasteiger partial charge is 0.0125 e. The molecule has 0 nitrogen and oxygen atoms in total. The van der Waals surface area contributed by atoms with E-state index in [2.05, 4.69) is 63.2 Å². The molecule has 122 valence electrons. The van der Waals surface area contributed by atoms with Crippen molar-refractivity contribution in [2.24, 2.45) is 5.92 Å². The largest absolute Gasteiger partial charge is 0.0654 e. The second kappa shape index (κ2) is 7.34. The summed E-state index contributed by atoms with van der Waals surface area (Å²) in [7, 11) is 0. The Balaban J connectivity index is 1.73. The Morgan fingerprint density at radius 1 is 0.826 bits per heavy atom. The molecular formula is C23H30. The Bertz CT molecular complexity index is 607. The van der Waals surface area contributed by atoms with E-state index in [0.29, 0.717) is 0 Å². The van der Waals surface area contributed by atoms with Crippen molar-refractivity contribution in [3.63, 3.8) is 0 Å². The summed E-state index contributed by atoms with van der Waals surface area (Å²) in [6.07, 6.45) is 8.40. The first-order valence-electron chi connectivity index (χ1n) is 9.35. The lowest BCUT2D eigenvalue weighted by molar-refractivity contribution is 0.308. The molecule has 0 heteroatoms. The van der Waals surface area contributed by atoms with Gasteiger partial charge in [-0.3, -0.25) is 0 Å². The molecule has 1 aliphatic carbocycles. The molecule has 0 N–H and O–H groups in total. The molecule has 0 unspecified atom stereocenters. The minimum absolute atomic E-state index is 0.787. The van der Waals surface area contributed by atoms with Crippen molar-refractivity contribution in [1.29, 1.82) is 0 Å². The molecule has 0 radical (unpaired) electrons. The molecule has 1 aliphatic rings. The van der Waals surface area contributed by atoms with Gasteiger partial charge in [0.05, 0.1) is 0 Å². The summed E-state index contributed by atoms with van der Waals surface area (Å²) in [5, 5.41) is 0. The van der Waals surface area contributed by atoms with Crippen LogP contribution in [0.5, 0.6) is 0 Å². The molecule has 23 heavy (non-hydrogen) atoms. The van der Waals surface area contributed by atoms with Gasteiger partial charge in [0.25, 0.3) is 0 Å². The van der Waals surface area contributed by atoms with Gasteiger partial charge in [-0.2, -0.15) is 0 Å². The first kappa shape index (κ1) is 16.3. The number of rotatable bonds is 4. The second-order valence-corrected chi connectivity index (χ2v) is 7.40. The lowest BCUT2D eigenvalue weighted by atomic mass is 9.77. The number of benzene rings is 2. The maximum atomic E-state index is 2.38. The van der Waals surface area contributed by atoms with Crippen molar-refractivity contribution in [2.75, 3.05) is 0 Å². The van der Waals surface area contributed by atoms with Crippen LogP contribution in [0.15, 0.2) is 42.5 Å². The third kappa shape index (κ3) is 3.68. The Kier molecular flexibility index (Phi) is 5.20. The van der Waals surface area contributed by atoms with Gasteiger partial charge in [0.2, 0.25) is 0 Å². The van der Waals surface area contributed by atoms with Crippen molar-refractivity contribution in [1.82, 2.24) is 0 Å². The van der Waals surface area contributed by atoms with E-state index in [1.807, 2.05) is 0 Å². The Hall–Kier alpha value is -1.56. The molecule has 1 saturated carbocycles. The van der Waals surface area contributed by atoms with Gasteiger partial charge >= 0.3 is 0 Å². The topological polar surface area (TPSA) is 0 Å². The quantitative estimate of drug-likeness (QED) is 0.568. The predicted octanol–water partition coefficient (Wildman–Crippen LogP) is 7.04. The molecule has 0 heterocycles. The third-order valence-electron chi connectivity index (χ3n) is 5.70. The molecule has 0 amide bonds. The van der Waals surface area contributed by atoms with E-state index in [1.165, 1.54) is 60.8 Å². The van der Waals surface area contributed by atoms with Crippen LogP contribution in [0.2, 0.25) is 0 Å². The van der Waals surface area contributed by atoms with Gasteiger partial charge in [-0.1, -0.05) is 62.2 Å². The third-order valence-corrected chi connectivity index (χ3v) is 5.70. The van der Waals surface area contributed by atoms with Crippen LogP contribution in [0.1, 0.15) is 68.1 Å². The van der Waals surface area contributed by atoms with E-state index in [1.54, 1.807) is 5.56 Å². The van der Waals surface area contributed by atoms with E-state index >= 15 is 0 Å². The van der Waals surface area contributed by atoms with Crippen molar-refractivity contribution < 1.29 is 0 Å². The molecular weight excluding hydrogens is 276 g/mol. The fourth-order valence-electron chi connectivity index (χ4n) is 4.38. The minimum atomic E-state index is 0.787. The zero-order chi connectivity index (χ0) is 16.2. The van der Waals surface area contributed by atoms with Gasteiger partial charge in [0.15, 0.2) is 0 Å². The van der Waals surface area contributed by atoms with Crippen LogP contribution in [0.4, 0.5) is 0 Å². The molecule has 0 saturated heterocycles. The maximum absolute atomic E-state index is 2.38. The number of hydrogen-bond acceptors (Lipinski definition) is 0. The molecule has 2 aromatic rings. The average Bonchev–Trinajstić information content (AvgIpc) is 2.56. The van der Waals surface area contributed by atoms with Crippen LogP contribution < -0.4 is 0 Å². The standard InChI is InChI=1S/C23H30/c1-4-6-19-9-11-20(12-10-19)21-13-15-22(16-14-21)23-17(2)7-5-8-18(23)3/h5,7-8,13-16,19-20H,4,6,9-12H2,1-3H3/t19-,20-. The van der Waals surface area contributed by atoms with Crippen LogP contribution >= 0.6 is 0 Å². The highest BCUT2D eigenvalue weighted by atomic mass is 14.3. The summed E-state index contributed by atoms with van der Waals surface area (Å²) in [5.41, 5.74) is 7.07. The average molecular weight is 306 g/mol. The number of aryl methyl sites for hydroxylation is 2. The fraction of sp³-hybridized carbons (Fsp3) is 0.478. The number of hydrogen-bond donors (Lipinski definition) is 0. The normalized spacial score (nSPS) is 21.3. The maximum Gasteiger partial charge on any atom is -0.0125 e. The first-order valence-corrected chi connectivity index (χ1v) is 9.35. The first-order chi connectivity index (χ1) is 11.2. The molecule has 0 spiro atoms. The van der Waals surface area contributed by atoms with Crippen LogP contribution in [0.3, 0.4) is 0 Å². The summed E-state index contributed by atoms with van der Waals surface area (Å²) in [5.74, 6) is 1.78. The summed E-state index contributed by atoms with van der Waals surface area (Å²) in [6.45, 7) is 6.74. The van der Waals surface area contributed by atoms with Crippen molar-refractivity contribution in [3.8, 4) is 11.1 Å². The van der Waals surface area contributed by atoms with Gasteiger partial charge in [0, 0.05) is 0 Å². The lowest BCUT2D eigenvalue weighted by Gasteiger charge is -2.28. The van der Waals surface area contributed by atoms with Crippen LogP contribution in [0, 0.1) is 19.8 Å². The molecule has 1 fully saturated rings. The monoisotopic (exact) mass is 306 g/mol. The van der Waals surface area contributed by atoms with Crippen molar-refractivity contribution in [2.45, 2.75) is 65.2 Å².